The van der Waals surface area contributed by atoms with Crippen molar-refractivity contribution in [2.24, 2.45) is 0 Å². The van der Waals surface area contributed by atoms with E-state index in [2.05, 4.69) is 31.7 Å². The summed E-state index contributed by atoms with van der Waals surface area (Å²) >= 11 is 0. The van der Waals surface area contributed by atoms with Crippen molar-refractivity contribution in [2.45, 2.75) is 85.0 Å². The summed E-state index contributed by atoms with van der Waals surface area (Å²) in [6.45, 7) is 12.7. The number of carbonyl (C=O) groups is 1. The van der Waals surface area contributed by atoms with Crippen LogP contribution in [0.25, 0.3) is 0 Å². The fourth-order valence-corrected chi connectivity index (χ4v) is 4.88. The molecule has 5 heteroatoms. The number of benzene rings is 1. The topological polar surface area (TPSA) is 42.0 Å². The Balaban J connectivity index is 1.70. The summed E-state index contributed by atoms with van der Waals surface area (Å²) in [5.74, 6) is 2.10. The van der Waals surface area contributed by atoms with Gasteiger partial charge in [0.25, 0.3) is 5.91 Å². The van der Waals surface area contributed by atoms with E-state index in [9.17, 15) is 4.79 Å². The summed E-state index contributed by atoms with van der Waals surface area (Å²) in [7, 11) is 4.06. The molecule has 33 heavy (non-hydrogen) atoms. The Bertz CT molecular complexity index is 902. The number of likely N-dealkylation sites (tertiary alicyclic amines) is 1. The van der Waals surface area contributed by atoms with E-state index in [4.69, 9.17) is 9.47 Å². The lowest BCUT2D eigenvalue weighted by Gasteiger charge is -2.45. The van der Waals surface area contributed by atoms with Gasteiger partial charge in [0.05, 0.1) is 11.9 Å². The van der Waals surface area contributed by atoms with E-state index in [1.54, 1.807) is 0 Å². The molecular weight excluding hydrogens is 412 g/mol. The molecule has 0 radical (unpaired) electrons. The molecule has 1 aromatic carbocycles. The first-order chi connectivity index (χ1) is 15.6. The molecule has 182 valence electrons. The van der Waals surface area contributed by atoms with Gasteiger partial charge < -0.3 is 19.3 Å². The van der Waals surface area contributed by atoms with Gasteiger partial charge in [0.1, 0.15) is 11.4 Å². The first-order valence-electron chi connectivity index (χ1n) is 12.4. The molecule has 2 aliphatic rings. The van der Waals surface area contributed by atoms with Crippen LogP contribution in [-0.4, -0.2) is 54.6 Å². The fourth-order valence-electron chi connectivity index (χ4n) is 4.88. The van der Waals surface area contributed by atoms with Crippen LogP contribution in [0.5, 0.6) is 5.75 Å². The minimum Gasteiger partial charge on any atom is -0.491 e. The van der Waals surface area contributed by atoms with Gasteiger partial charge in [-0.05, 0) is 78.4 Å². The molecule has 2 aliphatic heterocycles. The molecule has 0 atom stereocenters. The van der Waals surface area contributed by atoms with E-state index < -0.39 is 0 Å². The molecule has 3 rings (SSSR count). The minimum absolute atomic E-state index is 0.0977. The van der Waals surface area contributed by atoms with Crippen molar-refractivity contribution in [3.8, 4) is 5.75 Å². The van der Waals surface area contributed by atoms with Gasteiger partial charge in [-0.1, -0.05) is 18.6 Å². The molecule has 0 unspecified atom stereocenters. The number of hydrogen-bond donors (Lipinski definition) is 0. The van der Waals surface area contributed by atoms with Gasteiger partial charge >= 0.3 is 0 Å². The molecule has 0 aromatic heterocycles. The van der Waals surface area contributed by atoms with E-state index >= 15 is 0 Å². The maximum absolute atomic E-state index is 13.3. The van der Waals surface area contributed by atoms with E-state index in [-0.39, 0.29) is 17.6 Å². The maximum Gasteiger partial charge on any atom is 0.253 e. The van der Waals surface area contributed by atoms with Crippen molar-refractivity contribution in [1.82, 2.24) is 9.80 Å². The van der Waals surface area contributed by atoms with Crippen LogP contribution in [-0.2, 0) is 11.3 Å². The second-order valence-electron chi connectivity index (χ2n) is 10.3. The van der Waals surface area contributed by atoms with Crippen LogP contribution in [0.4, 0.5) is 0 Å². The number of allylic oxidation sites excluding steroid dienone is 4. The zero-order valence-electron chi connectivity index (χ0n) is 21.7. The zero-order chi connectivity index (χ0) is 24.2. The van der Waals surface area contributed by atoms with Crippen LogP contribution < -0.4 is 4.74 Å². The third-order valence-electron chi connectivity index (χ3n) is 6.45. The Morgan fingerprint density at radius 2 is 1.91 bits per heavy atom. The highest BCUT2D eigenvalue weighted by Gasteiger charge is 2.40. The average Bonchev–Trinajstić information content (AvgIpc) is 2.75. The summed E-state index contributed by atoms with van der Waals surface area (Å²) in [6.07, 6.45) is 7.16. The van der Waals surface area contributed by atoms with Gasteiger partial charge in [-0.2, -0.15) is 0 Å². The van der Waals surface area contributed by atoms with Crippen LogP contribution in [0, 0.1) is 0 Å². The highest BCUT2D eigenvalue weighted by atomic mass is 16.5. The number of hydrogen-bond acceptors (Lipinski definition) is 4. The normalized spacial score (nSPS) is 18.0. The van der Waals surface area contributed by atoms with Crippen LogP contribution in [0.1, 0.15) is 82.6 Å². The lowest BCUT2D eigenvalue weighted by molar-refractivity contribution is -0.0608. The average molecular weight is 455 g/mol. The number of nitrogens with zero attached hydrogens (tertiary/aromatic N) is 2. The molecule has 1 aromatic rings. The maximum atomic E-state index is 13.3. The van der Waals surface area contributed by atoms with Crippen molar-refractivity contribution in [3.63, 3.8) is 0 Å². The summed E-state index contributed by atoms with van der Waals surface area (Å²) in [5.41, 5.74) is 4.33. The third-order valence-corrected chi connectivity index (χ3v) is 6.45. The Kier molecular flexibility index (Phi) is 8.28. The molecule has 1 amide bonds. The van der Waals surface area contributed by atoms with Crippen molar-refractivity contribution in [1.29, 1.82) is 0 Å². The molecule has 0 saturated carbocycles. The van der Waals surface area contributed by atoms with Gasteiger partial charge in [-0.25, -0.2) is 0 Å². The zero-order valence-corrected chi connectivity index (χ0v) is 21.7. The minimum atomic E-state index is -0.119. The van der Waals surface area contributed by atoms with Crippen LogP contribution in [0.15, 0.2) is 41.2 Å². The molecule has 1 saturated heterocycles. The second kappa shape index (κ2) is 10.8. The molecule has 5 nitrogen and oxygen atoms in total. The van der Waals surface area contributed by atoms with Crippen molar-refractivity contribution < 1.29 is 14.3 Å². The van der Waals surface area contributed by atoms with Gasteiger partial charge in [-0.3, -0.25) is 4.79 Å². The molecule has 2 heterocycles. The van der Waals surface area contributed by atoms with Gasteiger partial charge in [-0.15, -0.1) is 0 Å². The quantitative estimate of drug-likeness (QED) is 0.510. The molecule has 0 N–H and O–H groups in total. The van der Waals surface area contributed by atoms with Crippen molar-refractivity contribution in [2.75, 3.05) is 27.2 Å². The Morgan fingerprint density at radius 1 is 1.21 bits per heavy atom. The third kappa shape index (κ3) is 6.41. The highest BCUT2D eigenvalue weighted by Crippen LogP contribution is 2.41. The SMILES string of the molecule is CCC1=C(C=C(C)C)CCC2(CCN(C(=O)c3ccc(OC(C)C)c(CN(C)C)c3)CC2)O1. The van der Waals surface area contributed by atoms with Gasteiger partial charge in [0, 0.05) is 50.0 Å². The lowest BCUT2D eigenvalue weighted by Crippen LogP contribution is -2.49. The van der Waals surface area contributed by atoms with Crippen molar-refractivity contribution >= 4 is 5.91 Å². The van der Waals surface area contributed by atoms with E-state index in [1.165, 1.54) is 11.1 Å². The molecule has 0 aliphatic carbocycles. The summed E-state index contributed by atoms with van der Waals surface area (Å²) in [5, 5.41) is 0. The summed E-state index contributed by atoms with van der Waals surface area (Å²) in [4.78, 5) is 17.4. The Hall–Kier alpha value is -2.27. The van der Waals surface area contributed by atoms with Crippen molar-refractivity contribution in [3.05, 3.63) is 52.3 Å². The number of amides is 1. The fraction of sp³-hybridized carbons (Fsp3) is 0.607. The highest BCUT2D eigenvalue weighted by molar-refractivity contribution is 5.94. The van der Waals surface area contributed by atoms with Gasteiger partial charge in [0.15, 0.2) is 0 Å². The molecule has 1 spiro atoms. The lowest BCUT2D eigenvalue weighted by atomic mass is 9.82. The first kappa shape index (κ1) is 25.4. The predicted octanol–water partition coefficient (Wildman–Crippen LogP) is 5.95. The van der Waals surface area contributed by atoms with Crippen LogP contribution in [0.2, 0.25) is 0 Å². The smallest absolute Gasteiger partial charge is 0.253 e. The van der Waals surface area contributed by atoms with Crippen LogP contribution in [0.3, 0.4) is 0 Å². The van der Waals surface area contributed by atoms with E-state index in [1.807, 2.05) is 51.0 Å². The Labute approximate surface area is 200 Å². The molecule has 1 fully saturated rings. The van der Waals surface area contributed by atoms with Gasteiger partial charge in [0.2, 0.25) is 0 Å². The number of ether oxygens (including phenoxy) is 2. The monoisotopic (exact) mass is 454 g/mol. The Morgan fingerprint density at radius 3 is 2.48 bits per heavy atom. The van der Waals surface area contributed by atoms with Crippen LogP contribution >= 0.6 is 0 Å². The number of rotatable bonds is 7. The summed E-state index contributed by atoms with van der Waals surface area (Å²) in [6, 6.07) is 5.86. The van der Waals surface area contributed by atoms with E-state index in [0.29, 0.717) is 0 Å². The predicted molar refractivity (Wildman–Crippen MR) is 135 cm³/mol. The standard InChI is InChI=1S/C28H42N2O3/c1-8-25-22(17-20(2)3)11-12-28(33-25)13-15-30(16-14-28)27(31)23-9-10-26(32-21(4)5)24(18-23)19-29(6)7/h9-10,17-18,21H,8,11-16,19H2,1-7H3. The number of carbonyl (C=O) groups excluding carboxylic acids is 1. The molecule has 0 bridgehead atoms. The largest absolute Gasteiger partial charge is 0.491 e. The summed E-state index contributed by atoms with van der Waals surface area (Å²) < 4.78 is 12.6. The first-order valence-corrected chi connectivity index (χ1v) is 12.4. The molecular formula is C28H42N2O3. The van der Waals surface area contributed by atoms with E-state index in [0.717, 1.165) is 74.4 Å². The second-order valence-corrected chi connectivity index (χ2v) is 10.3. The number of piperidine rings is 1.